The third kappa shape index (κ3) is 2.40. The number of fused-ring (bicyclic) bond motifs is 1. The molecule has 0 aliphatic carbocycles. The van der Waals surface area contributed by atoms with Crippen LogP contribution in [0.4, 0.5) is 15.8 Å². The quantitative estimate of drug-likeness (QED) is 0.645. The Balaban J connectivity index is 2.07. The van der Waals surface area contributed by atoms with Crippen LogP contribution in [-0.4, -0.2) is 18.4 Å². The standard InChI is InChI=1S/C13H11FN4O2S/c14-10-4-3-8(15)6-11(10)18-21(19,20)12-7-17-13-9(12)2-1-5-16-13/h1-7,18H,15H2,(H,16,17). The molecule has 0 aliphatic heterocycles. The highest BCUT2D eigenvalue weighted by atomic mass is 32.2. The van der Waals surface area contributed by atoms with Crippen molar-refractivity contribution in [1.29, 1.82) is 0 Å². The number of nitrogens with zero attached hydrogens (tertiary/aromatic N) is 1. The SMILES string of the molecule is Nc1ccc(F)c(NS(=O)(=O)c2c[nH]c3ncccc23)c1. The largest absolute Gasteiger partial charge is 0.399 e. The fourth-order valence-corrected chi connectivity index (χ4v) is 3.20. The monoisotopic (exact) mass is 306 g/mol. The van der Waals surface area contributed by atoms with Crippen LogP contribution in [0.3, 0.4) is 0 Å². The number of benzene rings is 1. The molecule has 0 bridgehead atoms. The molecule has 0 saturated heterocycles. The summed E-state index contributed by atoms with van der Waals surface area (Å²) in [5.41, 5.74) is 6.03. The summed E-state index contributed by atoms with van der Waals surface area (Å²) in [6.45, 7) is 0. The zero-order valence-electron chi connectivity index (χ0n) is 10.7. The second-order valence-corrected chi connectivity index (χ2v) is 6.05. The number of halogens is 1. The molecule has 3 rings (SSSR count). The minimum Gasteiger partial charge on any atom is -0.399 e. The summed E-state index contributed by atoms with van der Waals surface area (Å²) in [5, 5.41) is 0.425. The van der Waals surface area contributed by atoms with Gasteiger partial charge in [-0.2, -0.15) is 0 Å². The molecular weight excluding hydrogens is 295 g/mol. The van der Waals surface area contributed by atoms with Gasteiger partial charge in [0.2, 0.25) is 0 Å². The van der Waals surface area contributed by atoms with Crippen molar-refractivity contribution in [3.63, 3.8) is 0 Å². The lowest BCUT2D eigenvalue weighted by atomic mass is 10.3. The van der Waals surface area contributed by atoms with Crippen LogP contribution < -0.4 is 10.5 Å². The van der Waals surface area contributed by atoms with E-state index in [1.807, 2.05) is 0 Å². The maximum absolute atomic E-state index is 13.7. The van der Waals surface area contributed by atoms with Gasteiger partial charge in [-0.25, -0.2) is 17.8 Å². The van der Waals surface area contributed by atoms with Gasteiger partial charge in [0.05, 0.1) is 5.69 Å². The fraction of sp³-hybridized carbons (Fsp3) is 0. The average molecular weight is 306 g/mol. The molecule has 3 aromatic rings. The second-order valence-electron chi connectivity index (χ2n) is 4.40. The Morgan fingerprint density at radius 1 is 1.29 bits per heavy atom. The summed E-state index contributed by atoms with van der Waals surface area (Å²) in [5.74, 6) is -0.703. The number of nitrogens with one attached hydrogen (secondary N) is 2. The van der Waals surface area contributed by atoms with Crippen LogP contribution in [0.5, 0.6) is 0 Å². The number of nitrogens with two attached hydrogens (primary N) is 1. The molecule has 0 saturated carbocycles. The summed E-state index contributed by atoms with van der Waals surface area (Å²) >= 11 is 0. The zero-order valence-corrected chi connectivity index (χ0v) is 11.5. The van der Waals surface area contributed by atoms with E-state index < -0.39 is 15.8 Å². The highest BCUT2D eigenvalue weighted by molar-refractivity contribution is 7.93. The first-order valence-corrected chi connectivity index (χ1v) is 7.45. The topological polar surface area (TPSA) is 101 Å². The van der Waals surface area contributed by atoms with Crippen LogP contribution in [0.1, 0.15) is 0 Å². The minimum absolute atomic E-state index is 0.00701. The van der Waals surface area contributed by atoms with Gasteiger partial charge in [-0.1, -0.05) is 0 Å². The lowest BCUT2D eigenvalue weighted by Crippen LogP contribution is -2.13. The number of anilines is 2. The average Bonchev–Trinajstić information content (AvgIpc) is 2.87. The van der Waals surface area contributed by atoms with Crippen molar-refractivity contribution in [2.45, 2.75) is 4.90 Å². The van der Waals surface area contributed by atoms with Gasteiger partial charge in [0, 0.05) is 23.5 Å². The number of aromatic nitrogens is 2. The van der Waals surface area contributed by atoms with Gasteiger partial charge in [0.15, 0.2) is 0 Å². The number of aromatic amines is 1. The van der Waals surface area contributed by atoms with Gasteiger partial charge < -0.3 is 10.7 Å². The molecule has 0 unspecified atom stereocenters. The van der Waals surface area contributed by atoms with E-state index in [2.05, 4.69) is 14.7 Å². The van der Waals surface area contributed by atoms with Gasteiger partial charge in [-0.3, -0.25) is 4.72 Å². The molecule has 108 valence electrons. The minimum atomic E-state index is -3.95. The first-order valence-electron chi connectivity index (χ1n) is 5.97. The Hall–Kier alpha value is -2.61. The van der Waals surface area contributed by atoms with Crippen LogP contribution in [-0.2, 0) is 10.0 Å². The van der Waals surface area contributed by atoms with E-state index in [0.717, 1.165) is 6.07 Å². The van der Waals surface area contributed by atoms with Crippen LogP contribution in [0.15, 0.2) is 47.6 Å². The molecule has 8 heteroatoms. The number of nitrogen functional groups attached to an aromatic ring is 1. The van der Waals surface area contributed by atoms with E-state index in [9.17, 15) is 12.8 Å². The van der Waals surface area contributed by atoms with Gasteiger partial charge in [0.25, 0.3) is 10.0 Å². The third-order valence-corrected chi connectivity index (χ3v) is 4.34. The van der Waals surface area contributed by atoms with Crippen molar-refractivity contribution >= 4 is 32.4 Å². The smallest absolute Gasteiger partial charge is 0.264 e. The normalized spacial score (nSPS) is 11.7. The number of sulfonamides is 1. The van der Waals surface area contributed by atoms with Crippen molar-refractivity contribution < 1.29 is 12.8 Å². The Morgan fingerprint density at radius 3 is 2.90 bits per heavy atom. The number of hydrogen-bond donors (Lipinski definition) is 3. The molecule has 0 radical (unpaired) electrons. The first-order chi connectivity index (χ1) is 9.97. The van der Waals surface area contributed by atoms with E-state index in [4.69, 9.17) is 5.73 Å². The number of pyridine rings is 1. The zero-order chi connectivity index (χ0) is 15.0. The number of H-pyrrole nitrogens is 1. The summed E-state index contributed by atoms with van der Waals surface area (Å²) in [7, 11) is -3.95. The van der Waals surface area contributed by atoms with Crippen LogP contribution >= 0.6 is 0 Å². The van der Waals surface area contributed by atoms with Gasteiger partial charge in [-0.05, 0) is 30.3 Å². The Morgan fingerprint density at radius 2 is 2.10 bits per heavy atom. The lowest BCUT2D eigenvalue weighted by Gasteiger charge is -2.08. The highest BCUT2D eigenvalue weighted by Gasteiger charge is 2.20. The molecule has 0 atom stereocenters. The maximum atomic E-state index is 13.7. The molecular formula is C13H11FN4O2S. The fourth-order valence-electron chi connectivity index (χ4n) is 1.97. The summed E-state index contributed by atoms with van der Waals surface area (Å²) < 4.78 is 40.6. The molecule has 0 fully saturated rings. The van der Waals surface area contributed by atoms with Crippen molar-refractivity contribution in [2.24, 2.45) is 0 Å². The Bertz CT molecular complexity index is 921. The van der Waals surface area contributed by atoms with Crippen molar-refractivity contribution in [3.8, 4) is 0 Å². The predicted molar refractivity (Wildman–Crippen MR) is 77.7 cm³/mol. The number of hydrogen-bond acceptors (Lipinski definition) is 4. The van der Waals surface area contributed by atoms with Gasteiger partial charge in [0.1, 0.15) is 16.4 Å². The van der Waals surface area contributed by atoms with Crippen LogP contribution in [0.25, 0.3) is 11.0 Å². The van der Waals surface area contributed by atoms with E-state index in [-0.39, 0.29) is 16.3 Å². The van der Waals surface area contributed by atoms with E-state index >= 15 is 0 Å². The molecule has 6 nitrogen and oxygen atoms in total. The van der Waals surface area contributed by atoms with Crippen LogP contribution in [0, 0.1) is 5.82 Å². The van der Waals surface area contributed by atoms with E-state index in [1.165, 1.54) is 18.3 Å². The molecule has 4 N–H and O–H groups in total. The highest BCUT2D eigenvalue weighted by Crippen LogP contribution is 2.25. The maximum Gasteiger partial charge on any atom is 0.264 e. The lowest BCUT2D eigenvalue weighted by molar-refractivity contribution is 0.599. The predicted octanol–water partition coefficient (Wildman–Crippen LogP) is 2.08. The summed E-state index contributed by atoms with van der Waals surface area (Å²) in [6.07, 6.45) is 2.85. The van der Waals surface area contributed by atoms with E-state index in [1.54, 1.807) is 18.3 Å². The second kappa shape index (κ2) is 4.74. The summed E-state index contributed by atoms with van der Waals surface area (Å²) in [4.78, 5) is 6.76. The molecule has 2 aromatic heterocycles. The third-order valence-electron chi connectivity index (χ3n) is 2.94. The molecule has 0 amide bonds. The van der Waals surface area contributed by atoms with E-state index in [0.29, 0.717) is 11.0 Å². The molecule has 1 aromatic carbocycles. The van der Waals surface area contributed by atoms with Crippen molar-refractivity contribution in [3.05, 3.63) is 48.5 Å². The Kier molecular flexibility index (Phi) is 3.02. The molecule has 2 heterocycles. The van der Waals surface area contributed by atoms with Crippen molar-refractivity contribution in [2.75, 3.05) is 10.5 Å². The number of rotatable bonds is 3. The first kappa shape index (κ1) is 13.4. The molecule has 0 aliphatic rings. The molecule has 21 heavy (non-hydrogen) atoms. The van der Waals surface area contributed by atoms with Gasteiger partial charge >= 0.3 is 0 Å². The van der Waals surface area contributed by atoms with Gasteiger partial charge in [-0.15, -0.1) is 0 Å². The summed E-state index contributed by atoms with van der Waals surface area (Å²) in [6, 6.07) is 6.91. The molecule has 0 spiro atoms. The Labute approximate surface area is 119 Å². The van der Waals surface area contributed by atoms with Crippen LogP contribution in [0.2, 0.25) is 0 Å². The van der Waals surface area contributed by atoms with Crippen molar-refractivity contribution in [1.82, 2.24) is 9.97 Å².